The molecule has 1 aliphatic heterocycles. The average molecular weight is 367 g/mol. The van der Waals surface area contributed by atoms with Crippen molar-refractivity contribution in [3.8, 4) is 5.88 Å². The van der Waals surface area contributed by atoms with E-state index in [4.69, 9.17) is 14.5 Å². The first kappa shape index (κ1) is 18.0. The minimum atomic E-state index is -1.81. The minimum absolute atomic E-state index is 0.298. The number of fused-ring (bicyclic) bond motifs is 1. The van der Waals surface area contributed by atoms with Gasteiger partial charge in [0.1, 0.15) is 5.82 Å². The monoisotopic (exact) mass is 367 g/mol. The Morgan fingerprint density at radius 1 is 1.44 bits per heavy atom. The van der Waals surface area contributed by atoms with Crippen molar-refractivity contribution >= 4 is 25.0 Å². The van der Waals surface area contributed by atoms with Crippen molar-refractivity contribution in [2.24, 2.45) is 5.92 Å². The lowest BCUT2D eigenvalue weighted by molar-refractivity contribution is 0.203. The largest absolute Gasteiger partial charge is 0.481 e. The molecule has 0 bridgehead atoms. The second-order valence-corrected chi connectivity index (χ2v) is 7.24. The van der Waals surface area contributed by atoms with Crippen LogP contribution in [-0.2, 0) is 0 Å². The van der Waals surface area contributed by atoms with Crippen molar-refractivity contribution in [1.29, 1.82) is 0 Å². The number of aromatic nitrogens is 3. The lowest BCUT2D eigenvalue weighted by Crippen LogP contribution is -2.38. The van der Waals surface area contributed by atoms with E-state index in [1.807, 2.05) is 0 Å². The number of H-pyrrole nitrogens is 1. The summed E-state index contributed by atoms with van der Waals surface area (Å²) in [5.74, 6) is 1.25. The number of piperidine rings is 1. The van der Waals surface area contributed by atoms with Gasteiger partial charge in [-0.15, -0.1) is 0 Å². The van der Waals surface area contributed by atoms with Crippen LogP contribution in [0.2, 0.25) is 0 Å². The molecule has 1 aliphatic rings. The standard InChI is InChI=1S/C15H22N5O4P/c1-24-12-6-11-7-17-19-15(21)13(11)14(18-12)16-9-20-4-2-10(3-5-20)8-25(22)23/h6-7,10,22-23H,2-5,8-9H2,1H3,(H,16,18)(H,19,21). The van der Waals surface area contributed by atoms with Gasteiger partial charge in [0.2, 0.25) is 5.88 Å². The van der Waals surface area contributed by atoms with Crippen LogP contribution >= 0.6 is 8.38 Å². The topological polar surface area (TPSA) is 124 Å². The van der Waals surface area contributed by atoms with Crippen LogP contribution in [0.25, 0.3) is 10.8 Å². The van der Waals surface area contributed by atoms with Crippen molar-refractivity contribution in [3.05, 3.63) is 22.6 Å². The Labute approximate surface area is 146 Å². The molecule has 0 amide bonds. The van der Waals surface area contributed by atoms with Gasteiger partial charge in [-0.25, -0.2) is 5.10 Å². The Balaban J connectivity index is 1.68. The highest BCUT2D eigenvalue weighted by Gasteiger charge is 2.21. The van der Waals surface area contributed by atoms with Crippen LogP contribution in [0.1, 0.15) is 12.8 Å². The Morgan fingerprint density at radius 2 is 2.20 bits per heavy atom. The molecule has 0 unspecified atom stereocenters. The van der Waals surface area contributed by atoms with Crippen LogP contribution in [0, 0.1) is 5.92 Å². The van der Waals surface area contributed by atoms with Crippen LogP contribution in [0.15, 0.2) is 17.1 Å². The number of hydrogen-bond acceptors (Lipinski definition) is 8. The molecule has 3 heterocycles. The van der Waals surface area contributed by atoms with E-state index in [1.54, 1.807) is 12.3 Å². The Morgan fingerprint density at radius 3 is 2.88 bits per heavy atom. The fraction of sp³-hybridized carbons (Fsp3) is 0.533. The summed E-state index contributed by atoms with van der Waals surface area (Å²) in [6, 6.07) is 1.68. The summed E-state index contributed by atoms with van der Waals surface area (Å²) in [5.41, 5.74) is -0.298. The highest BCUT2D eigenvalue weighted by molar-refractivity contribution is 7.45. The zero-order valence-corrected chi connectivity index (χ0v) is 14.9. The number of nitrogens with one attached hydrogen (secondary N) is 2. The molecule has 0 aromatic carbocycles. The third kappa shape index (κ3) is 4.43. The van der Waals surface area contributed by atoms with E-state index in [-0.39, 0.29) is 5.56 Å². The van der Waals surface area contributed by atoms with Crippen LogP contribution in [0.4, 0.5) is 5.82 Å². The zero-order valence-electron chi connectivity index (χ0n) is 14.0. The number of nitrogens with zero attached hydrogens (tertiary/aromatic N) is 3. The molecule has 0 atom stereocenters. The molecule has 3 rings (SSSR count). The van der Waals surface area contributed by atoms with Crippen LogP contribution in [-0.4, -0.2) is 62.9 Å². The van der Waals surface area contributed by atoms with E-state index in [9.17, 15) is 4.79 Å². The summed E-state index contributed by atoms with van der Waals surface area (Å²) < 4.78 is 5.20. The van der Waals surface area contributed by atoms with Gasteiger partial charge in [0.15, 0.2) is 8.38 Å². The molecule has 0 radical (unpaired) electrons. The van der Waals surface area contributed by atoms with Gasteiger partial charge < -0.3 is 19.8 Å². The number of likely N-dealkylation sites (tertiary alicyclic amines) is 1. The van der Waals surface area contributed by atoms with Crippen molar-refractivity contribution in [2.45, 2.75) is 12.8 Å². The highest BCUT2D eigenvalue weighted by Crippen LogP contribution is 2.31. The zero-order chi connectivity index (χ0) is 17.8. The SMILES string of the molecule is COc1cc2cn[nH]c(=O)c2c(NCN2CCC(CP(O)O)CC2)n1. The fourth-order valence-corrected chi connectivity index (χ4v) is 3.90. The van der Waals surface area contributed by atoms with Gasteiger partial charge in [-0.2, -0.15) is 10.1 Å². The van der Waals surface area contributed by atoms with Gasteiger partial charge in [0, 0.05) is 30.7 Å². The summed E-state index contributed by atoms with van der Waals surface area (Å²) in [6.07, 6.45) is 3.91. The fourth-order valence-electron chi connectivity index (χ4n) is 3.07. The van der Waals surface area contributed by atoms with E-state index in [0.717, 1.165) is 25.9 Å². The van der Waals surface area contributed by atoms with Gasteiger partial charge >= 0.3 is 0 Å². The lowest BCUT2D eigenvalue weighted by atomic mass is 9.99. The number of hydrogen-bond donors (Lipinski definition) is 4. The summed E-state index contributed by atoms with van der Waals surface area (Å²) in [5, 5.41) is 10.6. The maximum absolute atomic E-state index is 12.1. The van der Waals surface area contributed by atoms with E-state index in [0.29, 0.717) is 41.2 Å². The van der Waals surface area contributed by atoms with E-state index in [1.165, 1.54) is 7.11 Å². The minimum Gasteiger partial charge on any atom is -0.481 e. The van der Waals surface area contributed by atoms with Gasteiger partial charge in [0.05, 0.1) is 25.4 Å². The van der Waals surface area contributed by atoms with Gasteiger partial charge in [-0.3, -0.25) is 9.69 Å². The Bertz CT molecular complexity index is 776. The van der Waals surface area contributed by atoms with Gasteiger partial charge in [0.25, 0.3) is 5.56 Å². The van der Waals surface area contributed by atoms with E-state index >= 15 is 0 Å². The number of methoxy groups -OCH3 is 1. The predicted octanol–water partition coefficient (Wildman–Crippen LogP) is 0.705. The molecular formula is C15H22N5O4P. The second kappa shape index (κ2) is 8.05. The van der Waals surface area contributed by atoms with Crippen molar-refractivity contribution in [2.75, 3.05) is 38.3 Å². The Hall–Kier alpha value is -1.80. The molecule has 2 aromatic heterocycles. The molecular weight excluding hydrogens is 345 g/mol. The van der Waals surface area contributed by atoms with Crippen molar-refractivity contribution in [3.63, 3.8) is 0 Å². The highest BCUT2D eigenvalue weighted by atomic mass is 31.2. The molecule has 2 aromatic rings. The van der Waals surface area contributed by atoms with Crippen molar-refractivity contribution < 1.29 is 14.5 Å². The molecule has 0 spiro atoms. The molecule has 0 saturated carbocycles. The molecule has 1 fully saturated rings. The van der Waals surface area contributed by atoms with Crippen LogP contribution in [0.3, 0.4) is 0 Å². The third-order valence-corrected chi connectivity index (χ3v) is 5.27. The number of aromatic amines is 1. The first-order valence-corrected chi connectivity index (χ1v) is 9.54. The Kier molecular flexibility index (Phi) is 5.80. The van der Waals surface area contributed by atoms with Crippen LogP contribution < -0.4 is 15.6 Å². The quantitative estimate of drug-likeness (QED) is 0.550. The van der Waals surface area contributed by atoms with Crippen molar-refractivity contribution in [1.82, 2.24) is 20.1 Å². The number of rotatable bonds is 6. The summed E-state index contributed by atoms with van der Waals surface area (Å²) in [6.45, 7) is 2.28. The van der Waals surface area contributed by atoms with Gasteiger partial charge in [-0.1, -0.05) is 0 Å². The predicted molar refractivity (Wildman–Crippen MR) is 95.7 cm³/mol. The average Bonchev–Trinajstić information content (AvgIpc) is 2.60. The summed E-state index contributed by atoms with van der Waals surface area (Å²) in [7, 11) is -0.285. The molecule has 136 valence electrons. The summed E-state index contributed by atoms with van der Waals surface area (Å²) in [4.78, 5) is 36.9. The second-order valence-electron chi connectivity index (χ2n) is 6.13. The molecule has 1 saturated heterocycles. The first-order valence-electron chi connectivity index (χ1n) is 8.10. The van der Waals surface area contributed by atoms with E-state index < -0.39 is 8.38 Å². The maximum atomic E-state index is 12.1. The summed E-state index contributed by atoms with van der Waals surface area (Å²) >= 11 is 0. The normalized spacial score (nSPS) is 16.5. The maximum Gasteiger partial charge on any atom is 0.275 e. The smallest absolute Gasteiger partial charge is 0.275 e. The molecule has 10 heteroatoms. The molecule has 0 aliphatic carbocycles. The molecule has 25 heavy (non-hydrogen) atoms. The molecule has 9 nitrogen and oxygen atoms in total. The number of ether oxygens (including phenoxy) is 1. The number of anilines is 1. The number of pyridine rings is 1. The first-order chi connectivity index (χ1) is 12.1. The van der Waals surface area contributed by atoms with E-state index in [2.05, 4.69) is 25.4 Å². The lowest BCUT2D eigenvalue weighted by Gasteiger charge is -2.32. The third-order valence-electron chi connectivity index (χ3n) is 4.43. The van der Waals surface area contributed by atoms with Crippen LogP contribution in [0.5, 0.6) is 5.88 Å². The molecule has 4 N–H and O–H groups in total. The van der Waals surface area contributed by atoms with Gasteiger partial charge in [-0.05, 0) is 18.8 Å².